The van der Waals surface area contributed by atoms with Crippen LogP contribution in [-0.2, 0) is 0 Å². The minimum atomic E-state index is -2.91. The second kappa shape index (κ2) is 8.77. The highest BCUT2D eigenvalue weighted by Gasteiger charge is 2.18. The van der Waals surface area contributed by atoms with Gasteiger partial charge in [-0.15, -0.1) is 12.4 Å². The average Bonchev–Trinajstić information content (AvgIpc) is 3.05. The Morgan fingerprint density at radius 2 is 2.24 bits per heavy atom. The summed E-state index contributed by atoms with van der Waals surface area (Å²) in [6, 6.07) is 7.74. The molecule has 0 bridgehead atoms. The Balaban J connectivity index is 0.00000225. The molecule has 0 radical (unpaired) electrons. The summed E-state index contributed by atoms with van der Waals surface area (Å²) in [5.41, 5.74) is 0.646. The smallest absolute Gasteiger partial charge is 0.387 e. The Morgan fingerprint density at radius 1 is 1.40 bits per heavy atom. The lowest BCUT2D eigenvalue weighted by Gasteiger charge is -2.22. The summed E-state index contributed by atoms with van der Waals surface area (Å²) in [5.74, 6) is -0.409. The van der Waals surface area contributed by atoms with Crippen LogP contribution in [0.15, 0.2) is 36.5 Å². The molecule has 3 rings (SSSR count). The molecule has 6 nitrogen and oxygen atoms in total. The van der Waals surface area contributed by atoms with E-state index in [1.54, 1.807) is 23.0 Å². The molecule has 136 valence electrons. The third kappa shape index (κ3) is 5.14. The number of amides is 1. The number of carbonyl (C=O) groups is 1. The van der Waals surface area contributed by atoms with Crippen LogP contribution in [0.3, 0.4) is 0 Å². The number of benzene rings is 1. The van der Waals surface area contributed by atoms with Crippen molar-refractivity contribution < 1.29 is 18.3 Å². The Kier molecular flexibility index (Phi) is 6.72. The number of anilines is 1. The van der Waals surface area contributed by atoms with Crippen LogP contribution in [-0.4, -0.2) is 35.4 Å². The van der Waals surface area contributed by atoms with E-state index in [9.17, 15) is 13.6 Å². The van der Waals surface area contributed by atoms with E-state index < -0.39 is 12.5 Å². The Labute approximate surface area is 150 Å². The van der Waals surface area contributed by atoms with Crippen molar-refractivity contribution in [3.8, 4) is 5.75 Å². The van der Waals surface area contributed by atoms with Gasteiger partial charge in [0.15, 0.2) is 5.69 Å². The number of piperidine rings is 1. The molecule has 1 amide bonds. The van der Waals surface area contributed by atoms with Crippen molar-refractivity contribution in [1.29, 1.82) is 0 Å². The number of nitrogens with zero attached hydrogens (tertiary/aromatic N) is 2. The molecule has 1 aliphatic rings. The summed E-state index contributed by atoms with van der Waals surface area (Å²) in [4.78, 5) is 12.3. The van der Waals surface area contributed by atoms with Crippen molar-refractivity contribution >= 4 is 24.0 Å². The van der Waals surface area contributed by atoms with Gasteiger partial charge in [0, 0.05) is 24.5 Å². The maximum Gasteiger partial charge on any atom is 0.387 e. The van der Waals surface area contributed by atoms with Gasteiger partial charge in [0.2, 0.25) is 0 Å². The molecule has 1 saturated heterocycles. The first-order valence-electron chi connectivity index (χ1n) is 7.74. The zero-order valence-electron chi connectivity index (χ0n) is 13.3. The molecule has 2 heterocycles. The molecule has 2 N–H and O–H groups in total. The molecule has 25 heavy (non-hydrogen) atoms. The number of halogens is 3. The second-order valence-electron chi connectivity index (χ2n) is 5.54. The van der Waals surface area contributed by atoms with Gasteiger partial charge in [-0.05, 0) is 37.6 Å². The van der Waals surface area contributed by atoms with Gasteiger partial charge < -0.3 is 15.4 Å². The summed E-state index contributed by atoms with van der Waals surface area (Å²) >= 11 is 0. The fourth-order valence-corrected chi connectivity index (χ4v) is 2.67. The highest BCUT2D eigenvalue weighted by Crippen LogP contribution is 2.20. The maximum absolute atomic E-state index is 12.3. The van der Waals surface area contributed by atoms with Crippen molar-refractivity contribution in [3.05, 3.63) is 42.2 Å². The lowest BCUT2D eigenvalue weighted by Crippen LogP contribution is -2.32. The number of hydrogen-bond donors (Lipinski definition) is 2. The van der Waals surface area contributed by atoms with Crippen molar-refractivity contribution in [3.63, 3.8) is 0 Å². The fraction of sp³-hybridized carbons (Fsp3) is 0.375. The summed E-state index contributed by atoms with van der Waals surface area (Å²) in [7, 11) is 0. The van der Waals surface area contributed by atoms with Gasteiger partial charge in [-0.1, -0.05) is 6.07 Å². The van der Waals surface area contributed by atoms with Gasteiger partial charge in [-0.3, -0.25) is 9.48 Å². The molecule has 0 aliphatic carbocycles. The number of aromatic nitrogens is 2. The zero-order valence-corrected chi connectivity index (χ0v) is 14.1. The first-order chi connectivity index (χ1) is 11.6. The summed E-state index contributed by atoms with van der Waals surface area (Å²) in [6.07, 6.45) is 3.87. The van der Waals surface area contributed by atoms with Gasteiger partial charge in [0.05, 0.1) is 6.04 Å². The van der Waals surface area contributed by atoms with E-state index in [-0.39, 0.29) is 29.9 Å². The van der Waals surface area contributed by atoms with Gasteiger partial charge in [0.1, 0.15) is 5.75 Å². The molecule has 1 fully saturated rings. The Hall–Kier alpha value is -2.19. The highest BCUT2D eigenvalue weighted by atomic mass is 35.5. The van der Waals surface area contributed by atoms with Crippen LogP contribution in [0, 0.1) is 0 Å². The largest absolute Gasteiger partial charge is 0.435 e. The van der Waals surface area contributed by atoms with Crippen LogP contribution < -0.4 is 15.4 Å². The van der Waals surface area contributed by atoms with E-state index in [4.69, 9.17) is 0 Å². The van der Waals surface area contributed by atoms with E-state index in [0.717, 1.165) is 25.9 Å². The van der Waals surface area contributed by atoms with E-state index in [2.05, 4.69) is 20.5 Å². The number of nitrogens with one attached hydrogen (secondary N) is 2. The SMILES string of the molecule is Cl.O=C(Nc1cccc(OC(F)F)c1)c1ccn(C2CCCNC2)n1. The third-order valence-corrected chi connectivity index (χ3v) is 3.80. The Bertz CT molecular complexity index is 705. The van der Waals surface area contributed by atoms with Crippen molar-refractivity contribution in [2.75, 3.05) is 18.4 Å². The summed E-state index contributed by atoms with van der Waals surface area (Å²) < 4.78 is 30.6. The van der Waals surface area contributed by atoms with Gasteiger partial charge in [-0.2, -0.15) is 13.9 Å². The van der Waals surface area contributed by atoms with Crippen molar-refractivity contribution in [2.24, 2.45) is 0 Å². The molecule has 9 heteroatoms. The predicted octanol–water partition coefficient (Wildman–Crippen LogP) is 3.08. The highest BCUT2D eigenvalue weighted by molar-refractivity contribution is 6.02. The molecule has 1 aromatic heterocycles. The minimum Gasteiger partial charge on any atom is -0.435 e. The maximum atomic E-state index is 12.3. The molecular formula is C16H19ClF2N4O2. The third-order valence-electron chi connectivity index (χ3n) is 3.80. The molecule has 1 aliphatic heterocycles. The number of alkyl halides is 2. The van der Waals surface area contributed by atoms with Crippen LogP contribution in [0.5, 0.6) is 5.75 Å². The van der Waals surface area contributed by atoms with E-state index >= 15 is 0 Å². The first-order valence-corrected chi connectivity index (χ1v) is 7.74. The topological polar surface area (TPSA) is 68.2 Å². The molecule has 0 spiro atoms. The average molecular weight is 373 g/mol. The lowest BCUT2D eigenvalue weighted by molar-refractivity contribution is -0.0497. The van der Waals surface area contributed by atoms with Crippen molar-refractivity contribution in [2.45, 2.75) is 25.5 Å². The normalized spacial score (nSPS) is 17.0. The Morgan fingerprint density at radius 3 is 2.96 bits per heavy atom. The first kappa shape index (κ1) is 19.1. The molecule has 2 aromatic rings. The van der Waals surface area contributed by atoms with Gasteiger partial charge in [0.25, 0.3) is 5.91 Å². The lowest BCUT2D eigenvalue weighted by atomic mass is 10.1. The standard InChI is InChI=1S/C16H18F2N4O2.ClH/c17-16(18)24-13-5-1-3-11(9-13)20-15(23)14-6-8-22(21-14)12-4-2-7-19-10-12;/h1,3,5-6,8-9,12,16,19H,2,4,7,10H2,(H,20,23);1H. The van der Waals surface area contributed by atoms with Crippen molar-refractivity contribution in [1.82, 2.24) is 15.1 Å². The van der Waals surface area contributed by atoms with Crippen LogP contribution >= 0.6 is 12.4 Å². The molecule has 1 atom stereocenters. The summed E-state index contributed by atoms with van der Waals surface area (Å²) in [5, 5.41) is 10.2. The number of carbonyl (C=O) groups excluding carboxylic acids is 1. The summed E-state index contributed by atoms with van der Waals surface area (Å²) in [6.45, 7) is -1.08. The predicted molar refractivity (Wildman–Crippen MR) is 91.6 cm³/mol. The van der Waals surface area contributed by atoms with Crippen LogP contribution in [0.2, 0.25) is 0 Å². The van der Waals surface area contributed by atoms with Gasteiger partial charge >= 0.3 is 6.61 Å². The van der Waals surface area contributed by atoms with E-state index in [1.165, 1.54) is 18.2 Å². The van der Waals surface area contributed by atoms with Crippen LogP contribution in [0.1, 0.15) is 29.4 Å². The molecular weight excluding hydrogens is 354 g/mol. The van der Waals surface area contributed by atoms with Gasteiger partial charge in [-0.25, -0.2) is 0 Å². The molecule has 1 aromatic carbocycles. The second-order valence-corrected chi connectivity index (χ2v) is 5.54. The quantitative estimate of drug-likeness (QED) is 0.846. The van der Waals surface area contributed by atoms with E-state index in [0.29, 0.717) is 5.69 Å². The zero-order chi connectivity index (χ0) is 16.9. The number of rotatable bonds is 5. The van der Waals surface area contributed by atoms with Crippen LogP contribution in [0.25, 0.3) is 0 Å². The molecule has 1 unspecified atom stereocenters. The fourth-order valence-electron chi connectivity index (χ4n) is 2.67. The monoisotopic (exact) mass is 372 g/mol. The van der Waals surface area contributed by atoms with Crippen LogP contribution in [0.4, 0.5) is 14.5 Å². The minimum absolute atomic E-state index is 0. The number of ether oxygens (including phenoxy) is 1. The number of hydrogen-bond acceptors (Lipinski definition) is 4. The van der Waals surface area contributed by atoms with E-state index in [1.807, 2.05) is 0 Å². The molecule has 0 saturated carbocycles.